The van der Waals surface area contributed by atoms with Crippen LogP contribution in [-0.4, -0.2) is 14.8 Å². The van der Waals surface area contributed by atoms with Crippen molar-refractivity contribution >= 4 is 0 Å². The quantitative estimate of drug-likeness (QED) is 0.914. The lowest BCUT2D eigenvalue weighted by Crippen LogP contribution is -2.02. The van der Waals surface area contributed by atoms with Gasteiger partial charge in [0.2, 0.25) is 0 Å². The Morgan fingerprint density at radius 1 is 1.42 bits per heavy atom. The van der Waals surface area contributed by atoms with E-state index in [9.17, 15) is 0 Å². The van der Waals surface area contributed by atoms with Crippen LogP contribution in [0.5, 0.6) is 0 Å². The number of hydrogen-bond donors (Lipinski definition) is 1. The Morgan fingerprint density at radius 2 is 2.11 bits per heavy atom. The second kappa shape index (κ2) is 6.79. The third-order valence-corrected chi connectivity index (χ3v) is 2.99. The minimum absolute atomic E-state index is 0.368. The summed E-state index contributed by atoms with van der Waals surface area (Å²) in [5, 5.41) is 16.0. The summed E-state index contributed by atoms with van der Waals surface area (Å²) in [5.74, 6) is 0.368. The van der Waals surface area contributed by atoms with E-state index in [1.54, 1.807) is 6.20 Å². The van der Waals surface area contributed by atoms with Crippen LogP contribution in [0, 0.1) is 18.3 Å². The topological polar surface area (TPSA) is 57.4 Å². The van der Waals surface area contributed by atoms with E-state index < -0.39 is 0 Å². The molecular weight excluding hydrogens is 236 g/mol. The number of aromatic nitrogens is 3. The molecule has 2 heterocycles. The van der Waals surface area contributed by atoms with Crippen LogP contribution in [-0.2, 0) is 6.54 Å². The fraction of sp³-hybridized carbons (Fsp3) is 0.467. The molecule has 0 fully saturated rings. The molecule has 0 atom stereocenters. The highest BCUT2D eigenvalue weighted by Crippen LogP contribution is 2.25. The van der Waals surface area contributed by atoms with E-state index >= 15 is 0 Å². The smallest absolute Gasteiger partial charge is 0.101 e. The van der Waals surface area contributed by atoms with Crippen LogP contribution >= 0.6 is 0 Å². The maximum Gasteiger partial charge on any atom is 0.101 e. The van der Waals surface area contributed by atoms with E-state index in [0.717, 1.165) is 29.1 Å². The standard InChI is InChI=1S/C13H16N4.C2H6/c1-9(2)13-10(3)17(7-11(13)6-14)8-12-4-5-15-16-12;1-2/h4-5,7,9H,8H2,1-3H3,(H,15,16);1-2H3. The normalized spacial score (nSPS) is 9.95. The first-order valence-electron chi connectivity index (χ1n) is 6.71. The van der Waals surface area contributed by atoms with E-state index in [1.165, 1.54) is 0 Å². The summed E-state index contributed by atoms with van der Waals surface area (Å²) in [5.41, 5.74) is 4.12. The highest BCUT2D eigenvalue weighted by Gasteiger charge is 2.15. The van der Waals surface area contributed by atoms with Gasteiger partial charge in [-0.1, -0.05) is 27.7 Å². The monoisotopic (exact) mass is 258 g/mol. The molecule has 0 bridgehead atoms. The van der Waals surface area contributed by atoms with Gasteiger partial charge < -0.3 is 4.57 Å². The van der Waals surface area contributed by atoms with Crippen LogP contribution in [0.2, 0.25) is 0 Å². The van der Waals surface area contributed by atoms with Crippen molar-refractivity contribution in [3.05, 3.63) is 41.0 Å². The van der Waals surface area contributed by atoms with Gasteiger partial charge in [-0.2, -0.15) is 10.4 Å². The zero-order chi connectivity index (χ0) is 14.4. The van der Waals surface area contributed by atoms with Crippen molar-refractivity contribution in [3.8, 4) is 6.07 Å². The molecule has 0 saturated carbocycles. The van der Waals surface area contributed by atoms with Crippen molar-refractivity contribution < 1.29 is 0 Å². The zero-order valence-corrected chi connectivity index (χ0v) is 12.4. The van der Waals surface area contributed by atoms with Crippen molar-refractivity contribution in [3.63, 3.8) is 0 Å². The lowest BCUT2D eigenvalue weighted by molar-refractivity contribution is 0.735. The molecule has 0 aliphatic carbocycles. The SMILES string of the molecule is CC.Cc1c(C(C)C)c(C#N)cn1Cc1ccn[nH]1. The number of nitrogens with zero attached hydrogens (tertiary/aromatic N) is 3. The molecule has 0 aliphatic heterocycles. The molecule has 0 aromatic carbocycles. The number of nitriles is 1. The molecule has 0 unspecified atom stereocenters. The molecule has 0 aliphatic rings. The maximum atomic E-state index is 9.15. The fourth-order valence-corrected chi connectivity index (χ4v) is 2.21. The summed E-state index contributed by atoms with van der Waals surface area (Å²) in [6, 6.07) is 4.22. The van der Waals surface area contributed by atoms with Crippen molar-refractivity contribution in [1.82, 2.24) is 14.8 Å². The molecule has 4 nitrogen and oxygen atoms in total. The Hall–Kier alpha value is -2.02. The van der Waals surface area contributed by atoms with Gasteiger partial charge in [0.1, 0.15) is 6.07 Å². The second-order valence-corrected chi connectivity index (χ2v) is 4.52. The van der Waals surface area contributed by atoms with Crippen LogP contribution < -0.4 is 0 Å². The van der Waals surface area contributed by atoms with Gasteiger partial charge in [0.25, 0.3) is 0 Å². The second-order valence-electron chi connectivity index (χ2n) is 4.52. The van der Waals surface area contributed by atoms with Crippen molar-refractivity contribution in [2.24, 2.45) is 0 Å². The fourth-order valence-electron chi connectivity index (χ4n) is 2.21. The number of nitrogens with one attached hydrogen (secondary N) is 1. The molecular formula is C15H22N4. The van der Waals surface area contributed by atoms with Gasteiger partial charge in [0, 0.05) is 18.1 Å². The summed E-state index contributed by atoms with van der Waals surface area (Å²) >= 11 is 0. The Bertz CT molecular complexity index is 541. The lowest BCUT2D eigenvalue weighted by atomic mass is 10.00. The van der Waals surface area contributed by atoms with Gasteiger partial charge in [-0.25, -0.2) is 0 Å². The van der Waals surface area contributed by atoms with Gasteiger partial charge in [-0.05, 0) is 24.5 Å². The van der Waals surface area contributed by atoms with Crippen LogP contribution in [0.4, 0.5) is 0 Å². The maximum absolute atomic E-state index is 9.15. The third kappa shape index (κ3) is 3.25. The van der Waals surface area contributed by atoms with Gasteiger partial charge in [0.15, 0.2) is 0 Å². The van der Waals surface area contributed by atoms with Crippen LogP contribution in [0.15, 0.2) is 18.5 Å². The molecule has 2 aromatic heterocycles. The zero-order valence-electron chi connectivity index (χ0n) is 12.4. The first-order valence-corrected chi connectivity index (χ1v) is 6.71. The minimum Gasteiger partial charge on any atom is -0.344 e. The summed E-state index contributed by atoms with van der Waals surface area (Å²) in [7, 11) is 0. The molecule has 0 radical (unpaired) electrons. The molecule has 4 heteroatoms. The Labute approximate surface area is 115 Å². The van der Waals surface area contributed by atoms with Crippen molar-refractivity contribution in [2.75, 3.05) is 0 Å². The molecule has 19 heavy (non-hydrogen) atoms. The van der Waals surface area contributed by atoms with E-state index in [0.29, 0.717) is 5.92 Å². The highest BCUT2D eigenvalue weighted by molar-refractivity contribution is 5.42. The summed E-state index contributed by atoms with van der Waals surface area (Å²) < 4.78 is 2.10. The molecule has 2 aromatic rings. The van der Waals surface area contributed by atoms with Crippen LogP contribution in [0.25, 0.3) is 0 Å². The van der Waals surface area contributed by atoms with Crippen molar-refractivity contribution in [1.29, 1.82) is 5.26 Å². The Kier molecular flexibility index (Phi) is 5.37. The van der Waals surface area contributed by atoms with Crippen LogP contribution in [0.1, 0.15) is 56.1 Å². The molecule has 0 saturated heterocycles. The number of rotatable bonds is 3. The molecule has 2 rings (SSSR count). The van der Waals surface area contributed by atoms with Crippen LogP contribution in [0.3, 0.4) is 0 Å². The summed E-state index contributed by atoms with van der Waals surface area (Å²) in [6.45, 7) is 11.0. The van der Waals surface area contributed by atoms with Crippen molar-refractivity contribution in [2.45, 2.75) is 47.1 Å². The Morgan fingerprint density at radius 3 is 2.53 bits per heavy atom. The van der Waals surface area contributed by atoms with Gasteiger partial charge in [-0.15, -0.1) is 0 Å². The number of hydrogen-bond acceptors (Lipinski definition) is 2. The number of H-pyrrole nitrogens is 1. The summed E-state index contributed by atoms with van der Waals surface area (Å²) in [4.78, 5) is 0. The third-order valence-electron chi connectivity index (χ3n) is 2.99. The number of aromatic amines is 1. The molecule has 1 N–H and O–H groups in total. The van der Waals surface area contributed by atoms with Gasteiger partial charge in [-0.3, -0.25) is 5.10 Å². The molecule has 0 amide bonds. The highest BCUT2D eigenvalue weighted by atomic mass is 15.1. The predicted molar refractivity (Wildman–Crippen MR) is 77.0 cm³/mol. The van der Waals surface area contributed by atoms with E-state index in [2.05, 4.69) is 41.6 Å². The summed E-state index contributed by atoms with van der Waals surface area (Å²) in [6.07, 6.45) is 3.66. The van der Waals surface area contributed by atoms with E-state index in [-0.39, 0.29) is 0 Å². The lowest BCUT2D eigenvalue weighted by Gasteiger charge is -2.08. The largest absolute Gasteiger partial charge is 0.344 e. The van der Waals surface area contributed by atoms with E-state index in [4.69, 9.17) is 5.26 Å². The predicted octanol–water partition coefficient (Wildman–Crippen LogP) is 3.59. The first kappa shape index (κ1) is 15.0. The molecule has 102 valence electrons. The average molecular weight is 258 g/mol. The molecule has 0 spiro atoms. The van der Waals surface area contributed by atoms with Gasteiger partial charge >= 0.3 is 0 Å². The first-order chi connectivity index (χ1) is 9.13. The van der Waals surface area contributed by atoms with Gasteiger partial charge in [0.05, 0.1) is 17.8 Å². The minimum atomic E-state index is 0.368. The average Bonchev–Trinajstić information content (AvgIpc) is 3.01. The van der Waals surface area contributed by atoms with E-state index in [1.807, 2.05) is 26.1 Å². The Balaban J connectivity index is 0.000000861.